The smallest absolute Gasteiger partial charge is 0.242 e. The summed E-state index contributed by atoms with van der Waals surface area (Å²) in [5.41, 5.74) is 2.34. The van der Waals surface area contributed by atoms with Crippen molar-refractivity contribution in [3.05, 3.63) is 18.3 Å². The lowest BCUT2D eigenvalue weighted by Crippen LogP contribution is -2.25. The van der Waals surface area contributed by atoms with Gasteiger partial charge in [0, 0.05) is 12.7 Å². The van der Waals surface area contributed by atoms with E-state index in [-0.39, 0.29) is 4.90 Å². The predicted molar refractivity (Wildman–Crippen MR) is 66.7 cm³/mol. The highest BCUT2D eigenvalue weighted by Crippen LogP contribution is 2.10. The molecular formula is C10H18N4O2S. The maximum atomic E-state index is 11.8. The summed E-state index contributed by atoms with van der Waals surface area (Å²) in [6.07, 6.45) is 2.07. The van der Waals surface area contributed by atoms with Crippen molar-refractivity contribution in [3.63, 3.8) is 0 Å². The number of anilines is 1. The van der Waals surface area contributed by atoms with Crippen molar-refractivity contribution < 1.29 is 8.42 Å². The molecule has 0 aliphatic carbocycles. The van der Waals surface area contributed by atoms with Crippen LogP contribution in [-0.2, 0) is 10.0 Å². The normalized spacial score (nSPS) is 11.8. The second kappa shape index (κ2) is 5.95. The maximum Gasteiger partial charge on any atom is 0.242 e. The van der Waals surface area contributed by atoms with Gasteiger partial charge in [0.05, 0.1) is 0 Å². The molecule has 1 rings (SSSR count). The standard InChI is InChI=1S/C10H18N4O2S/c1-8(2)5-6-13-17(15,16)9-3-4-10(14-11)12-7-9/h3-4,7-8,13H,5-6,11H2,1-2H3,(H,12,14). The van der Waals surface area contributed by atoms with Crippen LogP contribution in [0.15, 0.2) is 23.2 Å². The molecule has 0 aromatic carbocycles. The van der Waals surface area contributed by atoms with E-state index in [1.807, 2.05) is 13.8 Å². The Bertz CT molecular complexity index is 442. The summed E-state index contributed by atoms with van der Waals surface area (Å²) in [7, 11) is -3.46. The molecule has 0 bridgehead atoms. The summed E-state index contributed by atoms with van der Waals surface area (Å²) in [6.45, 7) is 4.51. The van der Waals surface area contributed by atoms with Crippen molar-refractivity contribution in [2.75, 3.05) is 12.0 Å². The molecule has 0 saturated carbocycles. The molecule has 0 atom stereocenters. The van der Waals surface area contributed by atoms with Crippen molar-refractivity contribution in [1.29, 1.82) is 0 Å². The Morgan fingerprint density at radius 2 is 2.12 bits per heavy atom. The lowest BCUT2D eigenvalue weighted by molar-refractivity contribution is 0.551. The van der Waals surface area contributed by atoms with Crippen LogP contribution in [0.2, 0.25) is 0 Å². The quantitative estimate of drug-likeness (QED) is 0.515. The summed E-state index contributed by atoms with van der Waals surface area (Å²) in [5, 5.41) is 0. The van der Waals surface area contributed by atoms with Crippen LogP contribution >= 0.6 is 0 Å². The number of nitrogens with two attached hydrogens (primary N) is 1. The molecule has 17 heavy (non-hydrogen) atoms. The van der Waals surface area contributed by atoms with Gasteiger partial charge in [-0.3, -0.25) is 0 Å². The van der Waals surface area contributed by atoms with Crippen molar-refractivity contribution in [2.24, 2.45) is 11.8 Å². The molecule has 0 unspecified atom stereocenters. The van der Waals surface area contributed by atoms with E-state index in [0.717, 1.165) is 6.42 Å². The molecule has 4 N–H and O–H groups in total. The van der Waals surface area contributed by atoms with Crippen molar-refractivity contribution in [3.8, 4) is 0 Å². The zero-order valence-electron chi connectivity index (χ0n) is 9.97. The molecule has 0 saturated heterocycles. The van der Waals surface area contributed by atoms with Gasteiger partial charge in [-0.05, 0) is 24.5 Å². The highest BCUT2D eigenvalue weighted by Gasteiger charge is 2.13. The second-order valence-corrected chi connectivity index (χ2v) is 5.87. The monoisotopic (exact) mass is 258 g/mol. The first-order valence-electron chi connectivity index (χ1n) is 5.38. The molecular weight excluding hydrogens is 240 g/mol. The number of nitrogens with zero attached hydrogens (tertiary/aromatic N) is 1. The van der Waals surface area contributed by atoms with Gasteiger partial charge in [-0.25, -0.2) is 24.0 Å². The van der Waals surface area contributed by atoms with Gasteiger partial charge in [-0.15, -0.1) is 0 Å². The molecule has 96 valence electrons. The third kappa shape index (κ3) is 4.29. The van der Waals surface area contributed by atoms with Crippen LogP contribution in [0.3, 0.4) is 0 Å². The number of aromatic nitrogens is 1. The van der Waals surface area contributed by atoms with Crippen LogP contribution in [0.1, 0.15) is 20.3 Å². The lowest BCUT2D eigenvalue weighted by atomic mass is 10.1. The minimum absolute atomic E-state index is 0.139. The van der Waals surface area contributed by atoms with Crippen LogP contribution in [-0.4, -0.2) is 19.9 Å². The van der Waals surface area contributed by atoms with Gasteiger partial charge in [-0.1, -0.05) is 13.8 Å². The van der Waals surface area contributed by atoms with Crippen molar-refractivity contribution in [1.82, 2.24) is 9.71 Å². The molecule has 0 radical (unpaired) electrons. The zero-order chi connectivity index (χ0) is 12.9. The Morgan fingerprint density at radius 1 is 1.41 bits per heavy atom. The Balaban J connectivity index is 2.68. The summed E-state index contributed by atoms with van der Waals surface area (Å²) >= 11 is 0. The van der Waals surface area contributed by atoms with Crippen LogP contribution < -0.4 is 16.0 Å². The van der Waals surface area contributed by atoms with Crippen LogP contribution in [0.25, 0.3) is 0 Å². The van der Waals surface area contributed by atoms with E-state index in [1.165, 1.54) is 18.3 Å². The van der Waals surface area contributed by atoms with Crippen LogP contribution in [0.4, 0.5) is 5.82 Å². The topological polar surface area (TPSA) is 97.1 Å². The van der Waals surface area contributed by atoms with E-state index in [0.29, 0.717) is 18.3 Å². The van der Waals surface area contributed by atoms with Gasteiger partial charge in [0.2, 0.25) is 10.0 Å². The first kappa shape index (κ1) is 13.9. The molecule has 0 fully saturated rings. The first-order chi connectivity index (χ1) is 7.95. The number of hydrogen-bond acceptors (Lipinski definition) is 5. The fourth-order valence-corrected chi connectivity index (χ4v) is 2.18. The minimum atomic E-state index is -3.46. The van der Waals surface area contributed by atoms with E-state index in [1.54, 1.807) is 0 Å². The molecule has 0 spiro atoms. The van der Waals surface area contributed by atoms with E-state index < -0.39 is 10.0 Å². The van der Waals surface area contributed by atoms with Crippen LogP contribution in [0.5, 0.6) is 0 Å². The first-order valence-corrected chi connectivity index (χ1v) is 6.86. The third-order valence-corrected chi connectivity index (χ3v) is 3.65. The fourth-order valence-electron chi connectivity index (χ4n) is 1.19. The Labute approximate surface area is 102 Å². The van der Waals surface area contributed by atoms with E-state index in [9.17, 15) is 8.42 Å². The average molecular weight is 258 g/mol. The number of nitrogen functional groups attached to an aromatic ring is 1. The number of nitrogens with one attached hydrogen (secondary N) is 2. The van der Waals surface area contributed by atoms with Gasteiger partial charge in [0.15, 0.2) is 0 Å². The molecule has 1 heterocycles. The Hall–Kier alpha value is -1.18. The zero-order valence-corrected chi connectivity index (χ0v) is 10.8. The van der Waals surface area contributed by atoms with Gasteiger partial charge in [0.1, 0.15) is 10.7 Å². The highest BCUT2D eigenvalue weighted by atomic mass is 32.2. The van der Waals surface area contributed by atoms with Gasteiger partial charge < -0.3 is 5.43 Å². The summed E-state index contributed by atoms with van der Waals surface area (Å²) in [6, 6.07) is 2.97. The number of pyridine rings is 1. The largest absolute Gasteiger partial charge is 0.308 e. The van der Waals surface area contributed by atoms with Gasteiger partial charge in [0.25, 0.3) is 0 Å². The SMILES string of the molecule is CC(C)CCNS(=O)(=O)c1ccc(NN)nc1. The van der Waals surface area contributed by atoms with Crippen molar-refractivity contribution in [2.45, 2.75) is 25.2 Å². The molecule has 7 heteroatoms. The predicted octanol–water partition coefficient (Wildman–Crippen LogP) is 0.692. The molecule has 1 aromatic heterocycles. The summed E-state index contributed by atoms with van der Waals surface area (Å²) in [4.78, 5) is 3.99. The number of hydrogen-bond donors (Lipinski definition) is 3. The number of hydrazine groups is 1. The molecule has 0 aliphatic rings. The summed E-state index contributed by atoms with van der Waals surface area (Å²) < 4.78 is 26.1. The van der Waals surface area contributed by atoms with Gasteiger partial charge in [-0.2, -0.15) is 0 Å². The third-order valence-electron chi connectivity index (χ3n) is 2.21. The van der Waals surface area contributed by atoms with E-state index in [4.69, 9.17) is 5.84 Å². The number of sulfonamides is 1. The highest BCUT2D eigenvalue weighted by molar-refractivity contribution is 7.89. The number of rotatable bonds is 6. The average Bonchev–Trinajstić information content (AvgIpc) is 2.28. The molecule has 0 aliphatic heterocycles. The Morgan fingerprint density at radius 3 is 2.59 bits per heavy atom. The molecule has 6 nitrogen and oxygen atoms in total. The minimum Gasteiger partial charge on any atom is -0.308 e. The lowest BCUT2D eigenvalue weighted by Gasteiger charge is -2.08. The maximum absolute atomic E-state index is 11.8. The summed E-state index contributed by atoms with van der Waals surface area (Å²) in [5.74, 6) is 6.03. The van der Waals surface area contributed by atoms with E-state index in [2.05, 4.69) is 15.1 Å². The van der Waals surface area contributed by atoms with Gasteiger partial charge >= 0.3 is 0 Å². The molecule has 0 amide bonds. The molecule has 1 aromatic rings. The Kier molecular flexibility index (Phi) is 4.86. The second-order valence-electron chi connectivity index (χ2n) is 4.10. The van der Waals surface area contributed by atoms with Crippen LogP contribution in [0, 0.1) is 5.92 Å². The van der Waals surface area contributed by atoms with Crippen molar-refractivity contribution >= 4 is 15.8 Å². The fraction of sp³-hybridized carbons (Fsp3) is 0.500. The van der Waals surface area contributed by atoms with E-state index >= 15 is 0 Å².